The summed E-state index contributed by atoms with van der Waals surface area (Å²) in [4.78, 5) is 19.6. The van der Waals surface area contributed by atoms with Crippen LogP contribution in [0, 0.1) is 12.3 Å². The maximum atomic E-state index is 5.30. The molecule has 2 aromatic heterocycles. The molecular formula is C17H20N6. The predicted octanol–water partition coefficient (Wildman–Crippen LogP) is 1.80. The number of pyridine rings is 1. The smallest absolute Gasteiger partial charge is 0.116 e. The number of nitrogens with zero attached hydrogens (tertiary/aromatic N) is 6. The van der Waals surface area contributed by atoms with Gasteiger partial charge in [0.25, 0.3) is 0 Å². The Morgan fingerprint density at radius 1 is 1.39 bits per heavy atom. The van der Waals surface area contributed by atoms with Gasteiger partial charge in [0, 0.05) is 37.8 Å². The van der Waals surface area contributed by atoms with Gasteiger partial charge in [0.15, 0.2) is 0 Å². The van der Waals surface area contributed by atoms with Crippen LogP contribution in [0.25, 0.3) is 11.4 Å². The van der Waals surface area contributed by atoms with Crippen LogP contribution in [0.5, 0.6) is 0 Å². The number of hydrogen-bond donors (Lipinski definition) is 0. The van der Waals surface area contributed by atoms with E-state index in [9.17, 15) is 0 Å². The lowest BCUT2D eigenvalue weighted by Gasteiger charge is -2.07. The third-order valence-electron chi connectivity index (χ3n) is 3.08. The minimum Gasteiger partial charge on any atom is -0.340 e. The highest BCUT2D eigenvalue weighted by Crippen LogP contribution is 2.29. The van der Waals surface area contributed by atoms with Crippen LogP contribution in [0.3, 0.4) is 0 Å². The normalized spacial score (nSPS) is 11.6. The molecule has 2 heterocycles. The van der Waals surface area contributed by atoms with Gasteiger partial charge in [0.2, 0.25) is 0 Å². The number of likely N-dealkylation sites (N-methyl/N-ethyl adjacent to an activating group) is 1. The van der Waals surface area contributed by atoms with Crippen LogP contribution >= 0.6 is 0 Å². The largest absolute Gasteiger partial charge is 0.340 e. The van der Waals surface area contributed by atoms with E-state index in [-0.39, 0.29) is 0 Å². The molecule has 0 spiro atoms. The first kappa shape index (κ1) is 16.6. The molecule has 0 saturated carbocycles. The molecule has 23 heavy (non-hydrogen) atoms. The second-order valence-electron chi connectivity index (χ2n) is 5.29. The second kappa shape index (κ2) is 8.01. The fourth-order valence-corrected chi connectivity index (χ4v) is 1.95. The van der Waals surface area contributed by atoms with Crippen LogP contribution in [0.4, 0.5) is 5.69 Å². The van der Waals surface area contributed by atoms with Gasteiger partial charge in [0.05, 0.1) is 19.1 Å². The van der Waals surface area contributed by atoms with Crippen molar-refractivity contribution < 1.29 is 0 Å². The number of terminal acetylenes is 1. The molecule has 0 aliphatic heterocycles. The maximum Gasteiger partial charge on any atom is 0.116 e. The number of aliphatic imine (C=N–C) groups is 2. The quantitative estimate of drug-likeness (QED) is 0.604. The molecule has 0 N–H and O–H groups in total. The molecule has 0 aromatic carbocycles. The van der Waals surface area contributed by atoms with Gasteiger partial charge in [-0.25, -0.2) is 9.98 Å². The van der Waals surface area contributed by atoms with E-state index in [2.05, 4.69) is 30.8 Å². The summed E-state index contributed by atoms with van der Waals surface area (Å²) >= 11 is 0. The molecule has 0 atom stereocenters. The summed E-state index contributed by atoms with van der Waals surface area (Å²) in [5.74, 6) is 2.41. The zero-order chi connectivity index (χ0) is 16.7. The van der Waals surface area contributed by atoms with E-state index in [1.165, 1.54) is 6.21 Å². The van der Waals surface area contributed by atoms with Crippen LogP contribution in [0.15, 0.2) is 34.8 Å². The van der Waals surface area contributed by atoms with Crippen LogP contribution in [0.1, 0.15) is 5.56 Å². The van der Waals surface area contributed by atoms with Gasteiger partial charge < -0.3 is 9.47 Å². The zero-order valence-electron chi connectivity index (χ0n) is 13.6. The van der Waals surface area contributed by atoms with E-state index in [1.807, 2.05) is 38.0 Å². The lowest BCUT2D eigenvalue weighted by atomic mass is 10.1. The van der Waals surface area contributed by atoms with Crippen LogP contribution in [0.2, 0.25) is 0 Å². The molecule has 6 heteroatoms. The molecule has 0 unspecified atom stereocenters. The summed E-state index contributed by atoms with van der Waals surface area (Å²) in [6.07, 6.45) is 13.9. The summed E-state index contributed by atoms with van der Waals surface area (Å²) in [7, 11) is 5.95. The average molecular weight is 308 g/mol. The first-order valence-electron chi connectivity index (χ1n) is 7.22. The van der Waals surface area contributed by atoms with Crippen molar-refractivity contribution in [3.63, 3.8) is 0 Å². The highest BCUT2D eigenvalue weighted by Gasteiger charge is 2.12. The van der Waals surface area contributed by atoms with Gasteiger partial charge in [-0.1, -0.05) is 5.92 Å². The van der Waals surface area contributed by atoms with Gasteiger partial charge in [-0.15, -0.1) is 6.42 Å². The summed E-state index contributed by atoms with van der Waals surface area (Å²) < 4.78 is 1.86. The SMILES string of the molecule is C#C/C=N/c1c(/C=N\CCN(C)C)ccnc1-c1cn(C)cn1. The Balaban J connectivity index is 2.38. The van der Waals surface area contributed by atoms with Crippen molar-refractivity contribution in [2.45, 2.75) is 0 Å². The zero-order valence-corrected chi connectivity index (χ0v) is 13.6. The molecule has 0 fully saturated rings. The fourth-order valence-electron chi connectivity index (χ4n) is 1.95. The average Bonchev–Trinajstić information content (AvgIpc) is 2.96. The van der Waals surface area contributed by atoms with Gasteiger partial charge in [-0.3, -0.25) is 9.98 Å². The summed E-state index contributed by atoms with van der Waals surface area (Å²) in [5, 5.41) is 0. The monoisotopic (exact) mass is 308 g/mol. The van der Waals surface area contributed by atoms with Crippen molar-refractivity contribution in [1.29, 1.82) is 0 Å². The number of aromatic nitrogens is 3. The highest BCUT2D eigenvalue weighted by molar-refractivity contribution is 5.94. The molecule has 6 nitrogen and oxygen atoms in total. The third-order valence-corrected chi connectivity index (χ3v) is 3.08. The van der Waals surface area contributed by atoms with Gasteiger partial charge in [-0.2, -0.15) is 0 Å². The molecule has 0 radical (unpaired) electrons. The van der Waals surface area contributed by atoms with Crippen LogP contribution in [-0.2, 0) is 7.05 Å². The highest BCUT2D eigenvalue weighted by atomic mass is 15.1. The van der Waals surface area contributed by atoms with Crippen molar-refractivity contribution in [2.24, 2.45) is 17.0 Å². The predicted molar refractivity (Wildman–Crippen MR) is 94.4 cm³/mol. The molecule has 2 rings (SSSR count). The van der Waals surface area contributed by atoms with E-state index >= 15 is 0 Å². The van der Waals surface area contributed by atoms with E-state index in [0.29, 0.717) is 17.9 Å². The minimum absolute atomic E-state index is 0.678. The topological polar surface area (TPSA) is 58.7 Å². The fraction of sp³-hybridized carbons (Fsp3) is 0.294. The molecule has 0 aliphatic rings. The van der Waals surface area contributed by atoms with Crippen LogP contribution in [-0.4, -0.2) is 59.0 Å². The molecular weight excluding hydrogens is 288 g/mol. The Labute approximate surface area is 136 Å². The molecule has 0 aliphatic carbocycles. The van der Waals surface area contributed by atoms with Crippen molar-refractivity contribution in [1.82, 2.24) is 19.4 Å². The number of hydrogen-bond acceptors (Lipinski definition) is 5. The Kier molecular flexibility index (Phi) is 5.78. The van der Waals surface area contributed by atoms with Crippen molar-refractivity contribution in [3.05, 3.63) is 30.4 Å². The first-order chi connectivity index (χ1) is 11.1. The second-order valence-corrected chi connectivity index (χ2v) is 5.29. The molecule has 0 saturated heterocycles. The lowest BCUT2D eigenvalue weighted by Crippen LogP contribution is -2.15. The Morgan fingerprint density at radius 3 is 2.87 bits per heavy atom. The maximum absolute atomic E-state index is 5.30. The Bertz CT molecular complexity index is 749. The number of aryl methyl sites for hydroxylation is 1. The van der Waals surface area contributed by atoms with Crippen molar-refractivity contribution >= 4 is 18.1 Å². The Hall–Kier alpha value is -2.78. The molecule has 2 aromatic rings. The van der Waals surface area contributed by atoms with E-state index in [4.69, 9.17) is 6.42 Å². The van der Waals surface area contributed by atoms with Crippen molar-refractivity contribution in [3.8, 4) is 23.7 Å². The van der Waals surface area contributed by atoms with Crippen LogP contribution < -0.4 is 0 Å². The van der Waals surface area contributed by atoms with E-state index < -0.39 is 0 Å². The van der Waals surface area contributed by atoms with Gasteiger partial charge in [0.1, 0.15) is 17.1 Å². The summed E-state index contributed by atoms with van der Waals surface area (Å²) in [5.41, 5.74) is 2.98. The number of imidazole rings is 1. The lowest BCUT2D eigenvalue weighted by molar-refractivity contribution is 0.421. The third kappa shape index (κ3) is 4.59. The molecule has 0 amide bonds. The Morgan fingerprint density at radius 2 is 2.22 bits per heavy atom. The van der Waals surface area contributed by atoms with E-state index in [0.717, 1.165) is 17.8 Å². The summed E-state index contributed by atoms with van der Waals surface area (Å²) in [6, 6.07) is 1.87. The standard InChI is InChI=1S/C17H20N6/c1-5-7-19-16-14(11-18-9-10-22(2)3)6-8-20-17(16)15-12-23(4)13-21-15/h1,6-8,11-13H,9-10H2,2-4H3/b18-11-,19-7+. The molecule has 118 valence electrons. The molecule has 0 bridgehead atoms. The van der Waals surface area contributed by atoms with Gasteiger partial charge >= 0.3 is 0 Å². The number of rotatable bonds is 6. The minimum atomic E-state index is 0.678. The van der Waals surface area contributed by atoms with Gasteiger partial charge in [-0.05, 0) is 20.2 Å². The van der Waals surface area contributed by atoms with Crippen molar-refractivity contribution in [2.75, 3.05) is 27.2 Å². The summed E-state index contributed by atoms with van der Waals surface area (Å²) in [6.45, 7) is 1.60. The first-order valence-corrected chi connectivity index (χ1v) is 7.22. The van der Waals surface area contributed by atoms with E-state index in [1.54, 1.807) is 18.7 Å².